The molecule has 5 nitrogen and oxygen atoms in total. The summed E-state index contributed by atoms with van der Waals surface area (Å²) in [4.78, 5) is 21.6. The van der Waals surface area contributed by atoms with Gasteiger partial charge < -0.3 is 14.9 Å². The van der Waals surface area contributed by atoms with Crippen molar-refractivity contribution in [2.45, 2.75) is 39.8 Å². The SMILES string of the molecule is Cc1cc(C)c2c(n1)CN(C(=O)CC1CN(c3ccc(CCO)cc3)C1)C2. The number of hydrogen-bond acceptors (Lipinski definition) is 4. The largest absolute Gasteiger partial charge is 0.396 e. The van der Waals surface area contributed by atoms with Crippen LogP contribution < -0.4 is 4.90 Å². The van der Waals surface area contributed by atoms with Crippen molar-refractivity contribution in [1.29, 1.82) is 0 Å². The standard InChI is InChI=1S/C22H27N3O2/c1-15-9-16(2)23-21-14-25(13-20(15)21)22(27)10-18-11-24(12-18)19-5-3-17(4-6-19)7-8-26/h3-6,9,18,26H,7-8,10-14H2,1-2H3. The topological polar surface area (TPSA) is 56.7 Å². The summed E-state index contributed by atoms with van der Waals surface area (Å²) < 4.78 is 0. The molecule has 3 heterocycles. The maximum absolute atomic E-state index is 12.7. The van der Waals surface area contributed by atoms with Gasteiger partial charge in [-0.1, -0.05) is 12.1 Å². The Balaban J connectivity index is 1.29. The number of amides is 1. The Morgan fingerprint density at radius 1 is 1.19 bits per heavy atom. The monoisotopic (exact) mass is 365 g/mol. The Hall–Kier alpha value is -2.40. The molecule has 0 aliphatic carbocycles. The fourth-order valence-corrected chi connectivity index (χ4v) is 4.18. The van der Waals surface area contributed by atoms with E-state index in [0.717, 1.165) is 30.0 Å². The normalized spacial score (nSPS) is 16.4. The van der Waals surface area contributed by atoms with Gasteiger partial charge in [0.25, 0.3) is 0 Å². The summed E-state index contributed by atoms with van der Waals surface area (Å²) in [6.07, 6.45) is 1.31. The van der Waals surface area contributed by atoms with Crippen molar-refractivity contribution in [3.63, 3.8) is 0 Å². The van der Waals surface area contributed by atoms with Gasteiger partial charge in [0.15, 0.2) is 0 Å². The number of carbonyl (C=O) groups excluding carboxylic acids is 1. The van der Waals surface area contributed by atoms with Crippen LogP contribution in [-0.4, -0.2) is 40.6 Å². The van der Waals surface area contributed by atoms with E-state index in [1.807, 2.05) is 11.8 Å². The lowest BCUT2D eigenvalue weighted by Gasteiger charge is -2.41. The van der Waals surface area contributed by atoms with E-state index in [1.165, 1.54) is 16.8 Å². The van der Waals surface area contributed by atoms with Crippen molar-refractivity contribution < 1.29 is 9.90 Å². The minimum Gasteiger partial charge on any atom is -0.396 e. The zero-order valence-corrected chi connectivity index (χ0v) is 16.1. The van der Waals surface area contributed by atoms with Gasteiger partial charge >= 0.3 is 0 Å². The minimum atomic E-state index is 0.183. The Morgan fingerprint density at radius 3 is 2.63 bits per heavy atom. The van der Waals surface area contributed by atoms with Gasteiger partial charge in [0.05, 0.1) is 12.2 Å². The molecule has 4 rings (SSSR count). The second-order valence-electron chi connectivity index (χ2n) is 7.87. The van der Waals surface area contributed by atoms with Gasteiger partial charge in [0.1, 0.15) is 0 Å². The second kappa shape index (κ2) is 7.31. The Morgan fingerprint density at radius 2 is 1.93 bits per heavy atom. The summed E-state index contributed by atoms with van der Waals surface area (Å²) in [5, 5.41) is 9.00. The first-order valence-electron chi connectivity index (χ1n) is 9.72. The van der Waals surface area contributed by atoms with Crippen LogP contribution in [0, 0.1) is 19.8 Å². The molecule has 2 aliphatic rings. The predicted octanol–water partition coefficient (Wildman–Crippen LogP) is 2.60. The maximum Gasteiger partial charge on any atom is 0.223 e. The average molecular weight is 365 g/mol. The van der Waals surface area contributed by atoms with Gasteiger partial charge in [-0.2, -0.15) is 0 Å². The molecule has 1 saturated heterocycles. The number of carbonyl (C=O) groups is 1. The molecule has 1 aromatic carbocycles. The molecule has 2 aromatic rings. The molecule has 0 bridgehead atoms. The van der Waals surface area contributed by atoms with E-state index in [1.54, 1.807) is 0 Å². The summed E-state index contributed by atoms with van der Waals surface area (Å²) in [5.41, 5.74) is 6.92. The number of aliphatic hydroxyl groups excluding tert-OH is 1. The lowest BCUT2D eigenvalue weighted by molar-refractivity contribution is -0.133. The molecule has 5 heteroatoms. The number of aryl methyl sites for hydroxylation is 2. The van der Waals surface area contributed by atoms with Gasteiger partial charge in [-0.05, 0) is 55.2 Å². The van der Waals surface area contributed by atoms with Crippen LogP contribution in [0.2, 0.25) is 0 Å². The highest BCUT2D eigenvalue weighted by atomic mass is 16.3. The number of aliphatic hydroxyl groups is 1. The Labute approximate surface area is 160 Å². The van der Waals surface area contributed by atoms with Crippen molar-refractivity contribution in [3.8, 4) is 0 Å². The van der Waals surface area contributed by atoms with Gasteiger partial charge in [0.2, 0.25) is 5.91 Å². The highest BCUT2D eigenvalue weighted by molar-refractivity contribution is 5.77. The van der Waals surface area contributed by atoms with Crippen LogP contribution in [0.3, 0.4) is 0 Å². The van der Waals surface area contributed by atoms with Crippen molar-refractivity contribution in [3.05, 3.63) is 58.4 Å². The maximum atomic E-state index is 12.7. The summed E-state index contributed by atoms with van der Waals surface area (Å²) in [6, 6.07) is 10.5. The molecule has 2 aliphatic heterocycles. The van der Waals surface area contributed by atoms with E-state index in [-0.39, 0.29) is 12.5 Å². The van der Waals surface area contributed by atoms with Crippen LogP contribution in [0.5, 0.6) is 0 Å². The minimum absolute atomic E-state index is 0.183. The number of aromatic nitrogens is 1. The zero-order valence-electron chi connectivity index (χ0n) is 16.1. The lowest BCUT2D eigenvalue weighted by Crippen LogP contribution is -2.48. The smallest absolute Gasteiger partial charge is 0.223 e. The van der Waals surface area contributed by atoms with Crippen molar-refractivity contribution >= 4 is 11.6 Å². The van der Waals surface area contributed by atoms with Crippen LogP contribution in [0.1, 0.15) is 34.5 Å². The first-order chi connectivity index (χ1) is 13.0. The van der Waals surface area contributed by atoms with Crippen molar-refractivity contribution in [2.75, 3.05) is 24.6 Å². The van der Waals surface area contributed by atoms with E-state index in [0.29, 0.717) is 31.8 Å². The average Bonchev–Trinajstić information content (AvgIpc) is 3.03. The molecule has 1 N–H and O–H groups in total. The molecule has 0 atom stereocenters. The third-order valence-corrected chi connectivity index (χ3v) is 5.73. The van der Waals surface area contributed by atoms with Gasteiger partial charge in [-0.3, -0.25) is 9.78 Å². The Bertz CT molecular complexity index is 841. The first-order valence-corrected chi connectivity index (χ1v) is 9.72. The highest BCUT2D eigenvalue weighted by Gasteiger charge is 2.32. The van der Waals surface area contributed by atoms with Gasteiger partial charge in [-0.25, -0.2) is 0 Å². The molecular formula is C22H27N3O2. The fraction of sp³-hybridized carbons (Fsp3) is 0.455. The molecule has 27 heavy (non-hydrogen) atoms. The number of pyridine rings is 1. The number of benzene rings is 1. The number of anilines is 1. The number of nitrogens with zero attached hydrogens (tertiary/aromatic N) is 3. The third-order valence-electron chi connectivity index (χ3n) is 5.73. The summed E-state index contributed by atoms with van der Waals surface area (Å²) >= 11 is 0. The molecule has 0 saturated carbocycles. The Kier molecular flexibility index (Phi) is 4.87. The number of hydrogen-bond donors (Lipinski definition) is 1. The summed E-state index contributed by atoms with van der Waals surface area (Å²) in [7, 11) is 0. The molecule has 0 radical (unpaired) electrons. The van der Waals surface area contributed by atoms with Crippen LogP contribution >= 0.6 is 0 Å². The van der Waals surface area contributed by atoms with Crippen LogP contribution in [0.4, 0.5) is 5.69 Å². The van der Waals surface area contributed by atoms with Crippen LogP contribution in [0.15, 0.2) is 30.3 Å². The molecule has 0 unspecified atom stereocenters. The van der Waals surface area contributed by atoms with E-state index in [2.05, 4.69) is 47.1 Å². The van der Waals surface area contributed by atoms with Crippen LogP contribution in [-0.2, 0) is 24.3 Å². The van der Waals surface area contributed by atoms with E-state index < -0.39 is 0 Å². The summed E-state index contributed by atoms with van der Waals surface area (Å²) in [6.45, 7) is 7.52. The number of rotatable bonds is 5. The zero-order chi connectivity index (χ0) is 19.0. The molecule has 1 amide bonds. The van der Waals surface area contributed by atoms with Crippen molar-refractivity contribution in [2.24, 2.45) is 5.92 Å². The predicted molar refractivity (Wildman–Crippen MR) is 106 cm³/mol. The molecule has 1 fully saturated rings. The first kappa shape index (κ1) is 18.0. The lowest BCUT2D eigenvalue weighted by atomic mass is 9.94. The molecule has 142 valence electrons. The molecular weight excluding hydrogens is 338 g/mol. The molecule has 1 aromatic heterocycles. The number of fused-ring (bicyclic) bond motifs is 1. The van der Waals surface area contributed by atoms with Gasteiger partial charge in [-0.15, -0.1) is 0 Å². The second-order valence-corrected chi connectivity index (χ2v) is 7.87. The van der Waals surface area contributed by atoms with E-state index >= 15 is 0 Å². The quantitative estimate of drug-likeness (QED) is 0.885. The third kappa shape index (κ3) is 3.69. The van der Waals surface area contributed by atoms with Crippen molar-refractivity contribution in [1.82, 2.24) is 9.88 Å². The van der Waals surface area contributed by atoms with Gasteiger partial charge in [0, 0.05) is 50.0 Å². The van der Waals surface area contributed by atoms with Crippen LogP contribution in [0.25, 0.3) is 0 Å². The highest BCUT2D eigenvalue weighted by Crippen LogP contribution is 2.30. The molecule has 0 spiro atoms. The summed E-state index contributed by atoms with van der Waals surface area (Å²) in [5.74, 6) is 0.669. The fourth-order valence-electron chi connectivity index (χ4n) is 4.18. The van der Waals surface area contributed by atoms with E-state index in [4.69, 9.17) is 5.11 Å². The van der Waals surface area contributed by atoms with E-state index in [9.17, 15) is 4.79 Å².